The Bertz CT molecular complexity index is 367. The zero-order valence-electron chi connectivity index (χ0n) is 12.9. The van der Waals surface area contributed by atoms with Gasteiger partial charge in [-0.3, -0.25) is 24.1 Å². The molecule has 0 aliphatic rings. The molecule has 0 bridgehead atoms. The second-order valence-electron chi connectivity index (χ2n) is 4.75. The predicted octanol–water partition coefficient (Wildman–Crippen LogP) is -1.70. The van der Waals surface area contributed by atoms with Crippen molar-refractivity contribution >= 4 is 24.0 Å². The number of carbonyl (C=O) groups excluding carboxylic acids is 4. The molecule has 132 valence electrons. The van der Waals surface area contributed by atoms with Gasteiger partial charge in [0.15, 0.2) is 11.6 Å². The molecule has 0 atom stereocenters. The highest BCUT2D eigenvalue weighted by Gasteiger charge is 2.15. The van der Waals surface area contributed by atoms with Crippen LogP contribution in [0.1, 0.15) is 19.3 Å². The van der Waals surface area contributed by atoms with Gasteiger partial charge in [0.2, 0.25) is 0 Å². The van der Waals surface area contributed by atoms with E-state index in [0.29, 0.717) is 19.3 Å². The fraction of sp³-hybridized carbons (Fsp3) is 0.714. The number of carbonyl (C=O) groups is 4. The standard InChI is InChI=1S/C14H23NO8/c16-9-12(19)7-15(8-13(20)10-17)4-3-14(21)23-6-2-1-5-22-11-18/h11,16-17H,1-10H2. The highest BCUT2D eigenvalue weighted by Crippen LogP contribution is 1.98. The molecular formula is C14H23NO8. The minimum atomic E-state index is -0.656. The maximum absolute atomic E-state index is 11.5. The number of esters is 1. The molecule has 0 amide bonds. The van der Waals surface area contributed by atoms with Crippen molar-refractivity contribution in [2.24, 2.45) is 0 Å². The van der Waals surface area contributed by atoms with E-state index in [2.05, 4.69) is 4.74 Å². The summed E-state index contributed by atoms with van der Waals surface area (Å²) in [5.41, 5.74) is 0. The Morgan fingerprint density at radius 1 is 0.957 bits per heavy atom. The second kappa shape index (κ2) is 13.8. The fourth-order valence-electron chi connectivity index (χ4n) is 1.66. The highest BCUT2D eigenvalue weighted by atomic mass is 16.5. The van der Waals surface area contributed by atoms with Crippen LogP contribution in [0.25, 0.3) is 0 Å². The summed E-state index contributed by atoms with van der Waals surface area (Å²) in [5, 5.41) is 17.4. The minimum absolute atomic E-state index is 0.0255. The molecule has 0 heterocycles. The number of hydrogen-bond donors (Lipinski definition) is 2. The van der Waals surface area contributed by atoms with Gasteiger partial charge in [-0.05, 0) is 12.8 Å². The first-order chi connectivity index (χ1) is 11.0. The van der Waals surface area contributed by atoms with Gasteiger partial charge in [-0.25, -0.2) is 0 Å². The van der Waals surface area contributed by atoms with Crippen LogP contribution in [0.2, 0.25) is 0 Å². The second-order valence-corrected chi connectivity index (χ2v) is 4.75. The summed E-state index contributed by atoms with van der Waals surface area (Å²) in [7, 11) is 0. The van der Waals surface area contributed by atoms with Gasteiger partial charge in [-0.1, -0.05) is 0 Å². The third kappa shape index (κ3) is 12.4. The van der Waals surface area contributed by atoms with Crippen LogP contribution in [0.15, 0.2) is 0 Å². The van der Waals surface area contributed by atoms with E-state index in [0.717, 1.165) is 0 Å². The largest absolute Gasteiger partial charge is 0.468 e. The van der Waals surface area contributed by atoms with E-state index >= 15 is 0 Å². The molecule has 0 rings (SSSR count). The van der Waals surface area contributed by atoms with Gasteiger partial charge in [0.05, 0.1) is 32.7 Å². The molecule has 0 aromatic heterocycles. The number of Topliss-reactive ketones (excluding diaryl/α,β-unsaturated/α-hetero) is 2. The van der Waals surface area contributed by atoms with Crippen LogP contribution in [-0.4, -0.2) is 85.2 Å². The summed E-state index contributed by atoms with van der Waals surface area (Å²) in [4.78, 5) is 45.2. The zero-order valence-corrected chi connectivity index (χ0v) is 12.9. The van der Waals surface area contributed by atoms with Crippen molar-refractivity contribution in [3.8, 4) is 0 Å². The topological polar surface area (TPSA) is 130 Å². The van der Waals surface area contributed by atoms with Gasteiger partial charge in [0, 0.05) is 6.54 Å². The number of rotatable bonds is 15. The van der Waals surface area contributed by atoms with Crippen LogP contribution in [0.3, 0.4) is 0 Å². The Labute approximate surface area is 134 Å². The van der Waals surface area contributed by atoms with Crippen molar-refractivity contribution in [1.82, 2.24) is 4.90 Å². The first kappa shape index (κ1) is 21.2. The Balaban J connectivity index is 4.02. The van der Waals surface area contributed by atoms with Crippen LogP contribution in [-0.2, 0) is 28.7 Å². The Morgan fingerprint density at radius 2 is 1.52 bits per heavy atom. The molecule has 9 heteroatoms. The minimum Gasteiger partial charge on any atom is -0.468 e. The molecule has 0 fully saturated rings. The van der Waals surface area contributed by atoms with Crippen molar-refractivity contribution in [3.63, 3.8) is 0 Å². The Kier molecular flexibility index (Phi) is 12.7. The third-order valence-electron chi connectivity index (χ3n) is 2.77. The van der Waals surface area contributed by atoms with Gasteiger partial charge in [0.1, 0.15) is 13.2 Å². The van der Waals surface area contributed by atoms with Crippen LogP contribution in [0.4, 0.5) is 0 Å². The molecule has 0 unspecified atom stereocenters. The lowest BCUT2D eigenvalue weighted by atomic mass is 10.3. The van der Waals surface area contributed by atoms with E-state index in [-0.39, 0.29) is 39.3 Å². The lowest BCUT2D eigenvalue weighted by Gasteiger charge is -2.19. The van der Waals surface area contributed by atoms with Gasteiger partial charge < -0.3 is 19.7 Å². The Morgan fingerprint density at radius 3 is 2.04 bits per heavy atom. The van der Waals surface area contributed by atoms with Gasteiger partial charge in [0.25, 0.3) is 6.47 Å². The summed E-state index contributed by atoms with van der Waals surface area (Å²) >= 11 is 0. The lowest BCUT2D eigenvalue weighted by Crippen LogP contribution is -2.38. The molecule has 0 saturated heterocycles. The Hall–Kier alpha value is -1.84. The molecule has 0 radical (unpaired) electrons. The number of unbranched alkanes of at least 4 members (excludes halogenated alkanes) is 1. The van der Waals surface area contributed by atoms with E-state index in [1.165, 1.54) is 4.90 Å². The third-order valence-corrected chi connectivity index (χ3v) is 2.77. The lowest BCUT2D eigenvalue weighted by molar-refractivity contribution is -0.145. The summed E-state index contributed by atoms with van der Waals surface area (Å²) in [6, 6.07) is 0. The molecule has 0 aliphatic carbocycles. The number of aliphatic hydroxyl groups excluding tert-OH is 2. The van der Waals surface area contributed by atoms with Crippen LogP contribution in [0, 0.1) is 0 Å². The molecule has 2 N–H and O–H groups in total. The number of nitrogens with zero attached hydrogens (tertiary/aromatic N) is 1. The monoisotopic (exact) mass is 333 g/mol. The average molecular weight is 333 g/mol. The van der Waals surface area contributed by atoms with Crippen LogP contribution >= 0.6 is 0 Å². The molecule has 0 saturated carbocycles. The van der Waals surface area contributed by atoms with E-state index in [1.54, 1.807) is 0 Å². The smallest absolute Gasteiger partial charge is 0.307 e. The quantitative estimate of drug-likeness (QED) is 0.204. The highest BCUT2D eigenvalue weighted by molar-refractivity contribution is 5.84. The summed E-state index contributed by atoms with van der Waals surface area (Å²) in [5.74, 6) is -1.46. The fourth-order valence-corrected chi connectivity index (χ4v) is 1.66. The van der Waals surface area contributed by atoms with Crippen LogP contribution < -0.4 is 0 Å². The number of ether oxygens (including phenoxy) is 2. The van der Waals surface area contributed by atoms with Gasteiger partial charge in [-0.15, -0.1) is 0 Å². The maximum Gasteiger partial charge on any atom is 0.307 e. The number of hydrogen-bond acceptors (Lipinski definition) is 9. The van der Waals surface area contributed by atoms with Crippen molar-refractivity contribution in [3.05, 3.63) is 0 Å². The summed E-state index contributed by atoms with van der Waals surface area (Å²) in [6.07, 6.45) is 1.10. The van der Waals surface area contributed by atoms with Crippen molar-refractivity contribution in [2.45, 2.75) is 19.3 Å². The molecule has 23 heavy (non-hydrogen) atoms. The zero-order chi connectivity index (χ0) is 17.5. The van der Waals surface area contributed by atoms with Gasteiger partial charge in [-0.2, -0.15) is 0 Å². The first-order valence-corrected chi connectivity index (χ1v) is 7.21. The number of ketones is 2. The van der Waals surface area contributed by atoms with E-state index in [9.17, 15) is 19.2 Å². The van der Waals surface area contributed by atoms with Crippen molar-refractivity contribution in [2.75, 3.05) is 46.1 Å². The summed E-state index contributed by atoms with van der Waals surface area (Å²) < 4.78 is 9.44. The molecule has 0 aromatic rings. The predicted molar refractivity (Wildman–Crippen MR) is 77.5 cm³/mol. The first-order valence-electron chi connectivity index (χ1n) is 7.21. The molecule has 0 aliphatic heterocycles. The summed E-state index contributed by atoms with van der Waals surface area (Å²) in [6.45, 7) is -0.772. The molecular weight excluding hydrogens is 310 g/mol. The van der Waals surface area contributed by atoms with Crippen molar-refractivity contribution in [1.29, 1.82) is 0 Å². The maximum atomic E-state index is 11.5. The van der Waals surface area contributed by atoms with E-state index in [1.807, 2.05) is 0 Å². The SMILES string of the molecule is O=COCCCCOC(=O)CCN(CC(=O)CO)CC(=O)CO. The number of aliphatic hydroxyl groups is 2. The van der Waals surface area contributed by atoms with E-state index in [4.69, 9.17) is 14.9 Å². The normalized spacial score (nSPS) is 10.4. The molecule has 0 aromatic carbocycles. The van der Waals surface area contributed by atoms with Gasteiger partial charge >= 0.3 is 5.97 Å². The molecule has 0 spiro atoms. The van der Waals surface area contributed by atoms with E-state index < -0.39 is 30.7 Å². The van der Waals surface area contributed by atoms with Crippen LogP contribution in [0.5, 0.6) is 0 Å². The molecule has 9 nitrogen and oxygen atoms in total. The average Bonchev–Trinajstić information content (AvgIpc) is 2.55. The van der Waals surface area contributed by atoms with Crippen molar-refractivity contribution < 1.29 is 38.9 Å².